The number of imidazole rings is 2. The lowest BCUT2D eigenvalue weighted by Gasteiger charge is -2.23. The van der Waals surface area contributed by atoms with E-state index in [1.165, 1.54) is 0 Å². The zero-order valence-electron chi connectivity index (χ0n) is 17.2. The van der Waals surface area contributed by atoms with Crippen LogP contribution in [-0.2, 0) is 6.54 Å². The number of aliphatic hydroxyl groups is 1. The summed E-state index contributed by atoms with van der Waals surface area (Å²) in [4.78, 5) is 24.3. The first-order chi connectivity index (χ1) is 14.6. The predicted octanol–water partition coefficient (Wildman–Crippen LogP) is 2.86. The summed E-state index contributed by atoms with van der Waals surface area (Å²) in [6.45, 7) is 5.66. The Labute approximate surface area is 174 Å². The molecule has 0 saturated carbocycles. The van der Waals surface area contributed by atoms with Crippen molar-refractivity contribution in [3.05, 3.63) is 36.4 Å². The zero-order chi connectivity index (χ0) is 20.7. The lowest BCUT2D eigenvalue weighted by Crippen LogP contribution is -2.33. The highest BCUT2D eigenvalue weighted by Gasteiger charge is 2.28. The maximum atomic E-state index is 9.76. The Morgan fingerprint density at radius 3 is 2.90 bits per heavy atom. The van der Waals surface area contributed by atoms with E-state index in [-0.39, 0.29) is 18.7 Å². The van der Waals surface area contributed by atoms with Gasteiger partial charge in [-0.25, -0.2) is 9.97 Å². The summed E-state index contributed by atoms with van der Waals surface area (Å²) in [5.41, 5.74) is 3.48. The van der Waals surface area contributed by atoms with E-state index in [0.29, 0.717) is 18.3 Å². The van der Waals surface area contributed by atoms with Crippen molar-refractivity contribution >= 4 is 34.0 Å². The second-order valence-corrected chi connectivity index (χ2v) is 8.02. The van der Waals surface area contributed by atoms with Gasteiger partial charge in [-0.2, -0.15) is 9.97 Å². The second kappa shape index (κ2) is 7.56. The van der Waals surface area contributed by atoms with E-state index >= 15 is 0 Å². The molecule has 4 heterocycles. The van der Waals surface area contributed by atoms with Crippen LogP contribution in [0.15, 0.2) is 30.6 Å². The summed E-state index contributed by atoms with van der Waals surface area (Å²) in [6.07, 6.45) is 3.79. The third kappa shape index (κ3) is 3.24. The SMILES string of the molecule is CC(C)n1cnc2c(NCc3nc4ccccc4[nH]3)nc(N3CCCC3CO)nc21. The molecule has 5 rings (SSSR count). The Bertz CT molecular complexity index is 1150. The number of aromatic nitrogens is 6. The van der Waals surface area contributed by atoms with Crippen LogP contribution in [0.25, 0.3) is 22.2 Å². The summed E-state index contributed by atoms with van der Waals surface area (Å²) in [7, 11) is 0. The second-order valence-electron chi connectivity index (χ2n) is 8.02. The van der Waals surface area contributed by atoms with Crippen molar-refractivity contribution in [3.63, 3.8) is 0 Å². The van der Waals surface area contributed by atoms with Gasteiger partial charge in [-0.3, -0.25) is 0 Å². The normalized spacial score (nSPS) is 16.9. The first kappa shape index (κ1) is 18.8. The smallest absolute Gasteiger partial charge is 0.229 e. The molecule has 4 aromatic rings. The van der Waals surface area contributed by atoms with Gasteiger partial charge in [0.2, 0.25) is 5.95 Å². The van der Waals surface area contributed by atoms with Crippen molar-refractivity contribution in [2.24, 2.45) is 0 Å². The molecule has 9 nitrogen and oxygen atoms in total. The molecule has 1 unspecified atom stereocenters. The van der Waals surface area contributed by atoms with Crippen LogP contribution in [-0.4, -0.2) is 53.8 Å². The number of hydrogen-bond donors (Lipinski definition) is 3. The van der Waals surface area contributed by atoms with Gasteiger partial charge in [-0.05, 0) is 38.8 Å². The molecule has 1 aliphatic rings. The minimum atomic E-state index is 0.0566. The number of anilines is 2. The van der Waals surface area contributed by atoms with Crippen molar-refractivity contribution < 1.29 is 5.11 Å². The van der Waals surface area contributed by atoms with E-state index < -0.39 is 0 Å². The molecule has 9 heteroatoms. The summed E-state index contributed by atoms with van der Waals surface area (Å²) < 4.78 is 2.05. The average molecular weight is 406 g/mol. The molecule has 0 amide bonds. The van der Waals surface area contributed by atoms with Crippen molar-refractivity contribution in [3.8, 4) is 0 Å². The molecule has 1 aromatic carbocycles. The molecule has 1 atom stereocenters. The summed E-state index contributed by atoms with van der Waals surface area (Å²) >= 11 is 0. The molecule has 3 aromatic heterocycles. The Balaban J connectivity index is 1.52. The number of rotatable bonds is 6. The summed E-state index contributed by atoms with van der Waals surface area (Å²) in [6, 6.07) is 8.26. The number of para-hydroxylation sites is 2. The number of benzene rings is 1. The van der Waals surface area contributed by atoms with Crippen LogP contribution in [0.5, 0.6) is 0 Å². The standard InChI is InChI=1S/C21H26N8O/c1-13(2)29-12-23-18-19(22-10-17-24-15-7-3-4-8-16(15)25-17)26-21(27-20(18)29)28-9-5-6-14(28)11-30/h3-4,7-8,12-14,30H,5-6,9-11H2,1-2H3,(H,24,25)(H,22,26,27). The molecule has 30 heavy (non-hydrogen) atoms. The van der Waals surface area contributed by atoms with Crippen molar-refractivity contribution in [2.45, 2.75) is 45.3 Å². The Morgan fingerprint density at radius 2 is 2.10 bits per heavy atom. The van der Waals surface area contributed by atoms with Crippen LogP contribution in [0.3, 0.4) is 0 Å². The molecule has 3 N–H and O–H groups in total. The number of hydrogen-bond acceptors (Lipinski definition) is 7. The number of nitrogens with zero attached hydrogens (tertiary/aromatic N) is 6. The van der Waals surface area contributed by atoms with Crippen LogP contribution in [0.1, 0.15) is 38.6 Å². The maximum Gasteiger partial charge on any atom is 0.229 e. The lowest BCUT2D eigenvalue weighted by molar-refractivity contribution is 0.265. The number of aromatic amines is 1. The highest BCUT2D eigenvalue weighted by molar-refractivity contribution is 5.84. The summed E-state index contributed by atoms with van der Waals surface area (Å²) in [5, 5.41) is 13.2. The summed E-state index contributed by atoms with van der Waals surface area (Å²) in [5.74, 6) is 2.15. The molecular formula is C21H26N8O. The number of nitrogens with one attached hydrogen (secondary N) is 2. The van der Waals surface area contributed by atoms with E-state index in [0.717, 1.165) is 47.4 Å². The fourth-order valence-corrected chi connectivity index (χ4v) is 4.08. The molecule has 1 fully saturated rings. The fourth-order valence-electron chi connectivity index (χ4n) is 4.08. The van der Waals surface area contributed by atoms with E-state index in [1.807, 2.05) is 30.6 Å². The third-order valence-corrected chi connectivity index (χ3v) is 5.67. The molecule has 0 aliphatic carbocycles. The average Bonchev–Trinajstić information content (AvgIpc) is 3.48. The predicted molar refractivity (Wildman–Crippen MR) is 117 cm³/mol. The lowest BCUT2D eigenvalue weighted by atomic mass is 10.2. The molecule has 1 aliphatic heterocycles. The molecule has 0 radical (unpaired) electrons. The van der Waals surface area contributed by atoms with Crippen LogP contribution in [0, 0.1) is 0 Å². The van der Waals surface area contributed by atoms with Crippen LogP contribution in [0.2, 0.25) is 0 Å². The number of H-pyrrole nitrogens is 1. The van der Waals surface area contributed by atoms with Crippen LogP contribution < -0.4 is 10.2 Å². The van der Waals surface area contributed by atoms with E-state index in [9.17, 15) is 5.11 Å². The van der Waals surface area contributed by atoms with E-state index in [2.05, 4.69) is 43.6 Å². The van der Waals surface area contributed by atoms with Crippen LogP contribution >= 0.6 is 0 Å². The van der Waals surface area contributed by atoms with Crippen molar-refractivity contribution in [1.29, 1.82) is 0 Å². The van der Waals surface area contributed by atoms with Crippen molar-refractivity contribution in [1.82, 2.24) is 29.5 Å². The minimum Gasteiger partial charge on any atom is -0.394 e. The maximum absolute atomic E-state index is 9.76. The Morgan fingerprint density at radius 1 is 1.23 bits per heavy atom. The topological polar surface area (TPSA) is 108 Å². The molecular weight excluding hydrogens is 380 g/mol. The highest BCUT2D eigenvalue weighted by atomic mass is 16.3. The van der Waals surface area contributed by atoms with Gasteiger partial charge in [-0.15, -0.1) is 0 Å². The minimum absolute atomic E-state index is 0.0566. The largest absolute Gasteiger partial charge is 0.394 e. The van der Waals surface area contributed by atoms with Gasteiger partial charge < -0.3 is 24.9 Å². The van der Waals surface area contributed by atoms with Gasteiger partial charge in [0.25, 0.3) is 0 Å². The first-order valence-electron chi connectivity index (χ1n) is 10.4. The Hall–Kier alpha value is -3.20. The monoisotopic (exact) mass is 406 g/mol. The van der Waals surface area contributed by atoms with Crippen LogP contribution in [0.4, 0.5) is 11.8 Å². The zero-order valence-corrected chi connectivity index (χ0v) is 17.2. The highest BCUT2D eigenvalue weighted by Crippen LogP contribution is 2.28. The van der Waals surface area contributed by atoms with E-state index in [1.54, 1.807) is 0 Å². The molecule has 0 spiro atoms. The number of aliphatic hydroxyl groups excluding tert-OH is 1. The van der Waals surface area contributed by atoms with Gasteiger partial charge in [0, 0.05) is 12.6 Å². The van der Waals surface area contributed by atoms with Gasteiger partial charge in [0.15, 0.2) is 17.0 Å². The number of fused-ring (bicyclic) bond motifs is 2. The molecule has 1 saturated heterocycles. The fraction of sp³-hybridized carbons (Fsp3) is 0.429. The first-order valence-corrected chi connectivity index (χ1v) is 10.4. The van der Waals surface area contributed by atoms with E-state index in [4.69, 9.17) is 9.97 Å². The molecule has 0 bridgehead atoms. The molecule has 156 valence electrons. The third-order valence-electron chi connectivity index (χ3n) is 5.67. The Kier molecular flexibility index (Phi) is 4.74. The van der Waals surface area contributed by atoms with Crippen molar-refractivity contribution in [2.75, 3.05) is 23.4 Å². The van der Waals surface area contributed by atoms with Gasteiger partial charge >= 0.3 is 0 Å². The van der Waals surface area contributed by atoms with Gasteiger partial charge in [0.1, 0.15) is 5.82 Å². The quantitative estimate of drug-likeness (QED) is 0.452. The van der Waals surface area contributed by atoms with Gasteiger partial charge in [0.05, 0.1) is 36.6 Å². The van der Waals surface area contributed by atoms with Gasteiger partial charge in [-0.1, -0.05) is 12.1 Å².